The molecule has 0 radical (unpaired) electrons. The molecule has 6 heterocycles. The minimum Gasteiger partial charge on any atom is -0.472 e. The van der Waals surface area contributed by atoms with Crippen molar-refractivity contribution < 1.29 is 22.6 Å². The number of anilines is 1. The van der Waals surface area contributed by atoms with Crippen LogP contribution in [0, 0.1) is 34.9 Å². The number of rotatable bonds is 7. The first-order valence-electron chi connectivity index (χ1n) is 20.9. The molecule has 7 nitrogen and oxygen atoms in total. The fraction of sp³-hybridized carbons (Fsp3) is 0.578. The molecule has 2 aromatic carbocycles. The summed E-state index contributed by atoms with van der Waals surface area (Å²) >= 11 is 0. The molecule has 4 aromatic rings. The van der Waals surface area contributed by atoms with Crippen LogP contribution in [-0.2, 0) is 0 Å². The van der Waals surface area contributed by atoms with E-state index in [1.807, 2.05) is 12.1 Å². The molecule has 0 spiro atoms. The van der Waals surface area contributed by atoms with Crippen molar-refractivity contribution in [2.75, 3.05) is 31.1 Å². The van der Waals surface area contributed by atoms with E-state index in [0.717, 1.165) is 50.6 Å². The second-order valence-electron chi connectivity index (χ2n) is 18.4. The van der Waals surface area contributed by atoms with Gasteiger partial charge in [-0.15, -0.1) is 5.54 Å². The third-order valence-corrected chi connectivity index (χ3v) is 20.7. The first-order valence-corrected chi connectivity index (χ1v) is 23.2. The maximum atomic E-state index is 17.7. The smallest absolute Gasteiger partial charge is 0.319 e. The average molecular weight is 782 g/mol. The van der Waals surface area contributed by atoms with Gasteiger partial charge in [0.05, 0.1) is 17.1 Å². The summed E-state index contributed by atoms with van der Waals surface area (Å²) in [7, 11) is -2.25. The molecule has 2 bridgehead atoms. The predicted molar refractivity (Wildman–Crippen MR) is 219 cm³/mol. The van der Waals surface area contributed by atoms with Crippen LogP contribution in [0.4, 0.5) is 19.0 Å². The van der Waals surface area contributed by atoms with Crippen LogP contribution in [0.2, 0.25) is 16.6 Å². The quantitative estimate of drug-likeness (QED) is 0.137. The largest absolute Gasteiger partial charge is 0.472 e. The Morgan fingerprint density at radius 2 is 1.77 bits per heavy atom. The van der Waals surface area contributed by atoms with Gasteiger partial charge in [0.1, 0.15) is 55.2 Å². The summed E-state index contributed by atoms with van der Waals surface area (Å²) in [6, 6.07) is 8.81. The highest BCUT2D eigenvalue weighted by Gasteiger charge is 2.50. The second kappa shape index (κ2) is 13.9. The number of piperidine rings is 1. The zero-order valence-electron chi connectivity index (χ0n) is 33.8. The Balaban J connectivity index is 1.24. The third-order valence-electron chi connectivity index (χ3n) is 14.4. The summed E-state index contributed by atoms with van der Waals surface area (Å²) in [5.74, 6) is 4.03. The van der Waals surface area contributed by atoms with E-state index in [0.29, 0.717) is 63.6 Å². The Morgan fingerprint density at radius 1 is 0.982 bits per heavy atom. The summed E-state index contributed by atoms with van der Waals surface area (Å²) < 4.78 is 61.8. The van der Waals surface area contributed by atoms with Crippen LogP contribution >= 0.6 is 0 Å². The van der Waals surface area contributed by atoms with Crippen LogP contribution in [0.1, 0.15) is 92.6 Å². The van der Waals surface area contributed by atoms with Crippen molar-refractivity contribution in [1.82, 2.24) is 19.9 Å². The molecule has 296 valence electrons. The van der Waals surface area contributed by atoms with Crippen LogP contribution < -0.4 is 14.4 Å². The number of fused-ring (bicyclic) bond motifs is 7. The van der Waals surface area contributed by atoms with Crippen LogP contribution in [0.3, 0.4) is 0 Å². The number of halogens is 3. The van der Waals surface area contributed by atoms with E-state index in [4.69, 9.17) is 24.4 Å². The Morgan fingerprint density at radius 3 is 2.54 bits per heavy atom. The van der Waals surface area contributed by atoms with Gasteiger partial charge in [-0.05, 0) is 85.5 Å². The maximum absolute atomic E-state index is 17.7. The summed E-state index contributed by atoms with van der Waals surface area (Å²) in [6.07, 6.45) is 4.42. The van der Waals surface area contributed by atoms with E-state index < -0.39 is 31.4 Å². The summed E-state index contributed by atoms with van der Waals surface area (Å²) in [5.41, 5.74) is 5.09. The SMILES string of the molecule is CC(C)[Si](C#Cc1c(F)ccc2cccc(-c3nc4c5c(nc(OC[C@@]67CCCN6C[C@H](F)C7)nc5c3F)N3C[C@H]5CC[C@H](C5)[C@H]3[C@H](C)O4)c12)(C(C)C)C(C)C. The van der Waals surface area contributed by atoms with Gasteiger partial charge in [-0.2, -0.15) is 9.97 Å². The van der Waals surface area contributed by atoms with Crippen LogP contribution in [-0.4, -0.2) is 78.0 Å². The van der Waals surface area contributed by atoms with Gasteiger partial charge < -0.3 is 14.4 Å². The molecular formula is C45H54F3N5O2Si. The zero-order chi connectivity index (χ0) is 39.3. The van der Waals surface area contributed by atoms with Crippen LogP contribution in [0.15, 0.2) is 30.3 Å². The number of pyridine rings is 1. The van der Waals surface area contributed by atoms with Gasteiger partial charge in [0, 0.05) is 30.5 Å². The normalized spacial score (nSPS) is 27.2. The van der Waals surface area contributed by atoms with E-state index in [9.17, 15) is 4.39 Å². The highest BCUT2D eigenvalue weighted by Crippen LogP contribution is 2.50. The fourth-order valence-corrected chi connectivity index (χ4v) is 17.1. The van der Waals surface area contributed by atoms with Crippen LogP contribution in [0.5, 0.6) is 11.9 Å². The minimum atomic E-state index is -2.25. The van der Waals surface area contributed by atoms with Crippen LogP contribution in [0.25, 0.3) is 32.9 Å². The number of hydrogen-bond acceptors (Lipinski definition) is 7. The van der Waals surface area contributed by atoms with Gasteiger partial charge in [0.25, 0.3) is 0 Å². The number of ether oxygens (including phenoxy) is 2. The molecule has 1 aliphatic carbocycles. The Hall–Kier alpha value is -3.88. The van der Waals surface area contributed by atoms with Gasteiger partial charge in [-0.25, -0.2) is 18.2 Å². The third kappa shape index (κ3) is 5.82. The minimum absolute atomic E-state index is 0.0206. The first kappa shape index (κ1) is 37.7. The zero-order valence-corrected chi connectivity index (χ0v) is 34.8. The van der Waals surface area contributed by atoms with Crippen molar-refractivity contribution in [3.05, 3.63) is 47.5 Å². The van der Waals surface area contributed by atoms with Gasteiger partial charge in [-0.1, -0.05) is 71.7 Å². The standard InChI is InChI=1S/C45H54F3N5O2Si/c1-25(2)56(26(3)4,27(5)6)19-16-33-35(47)15-14-30-10-8-11-34(36(30)33)39-38(48)40-37-42(51-44(50-40)54-24-45-17-9-18-52(45)23-32(46)21-45)53-22-29-12-13-31(20-29)41(53)28(7)55-43(37)49-39/h8,10-11,14-15,25-29,31-32,41H,9,12-13,17-18,20-24H2,1-7H3/t28-,29-,31+,32+,41+,45-/m0/s1. The highest BCUT2D eigenvalue weighted by molar-refractivity contribution is 6.90. The number of hydrogen-bond donors (Lipinski definition) is 0. The second-order valence-corrected chi connectivity index (χ2v) is 24.0. The fourth-order valence-electron chi connectivity index (χ4n) is 11.9. The lowest BCUT2D eigenvalue weighted by Crippen LogP contribution is -2.52. The lowest BCUT2D eigenvalue weighted by Gasteiger charge is -2.42. The lowest BCUT2D eigenvalue weighted by atomic mass is 9.87. The number of benzene rings is 2. The highest BCUT2D eigenvalue weighted by atomic mass is 28.3. The van der Waals surface area contributed by atoms with E-state index in [1.54, 1.807) is 12.1 Å². The summed E-state index contributed by atoms with van der Waals surface area (Å²) in [4.78, 5) is 19.3. The van der Waals surface area contributed by atoms with Gasteiger partial charge in [0.15, 0.2) is 5.82 Å². The maximum Gasteiger partial charge on any atom is 0.319 e. The van der Waals surface area contributed by atoms with Gasteiger partial charge >= 0.3 is 6.01 Å². The van der Waals surface area contributed by atoms with E-state index in [1.165, 1.54) is 6.07 Å². The molecule has 3 saturated heterocycles. The molecule has 0 amide bonds. The number of nitrogens with zero attached hydrogens (tertiary/aromatic N) is 5. The molecule has 0 unspecified atom stereocenters. The first-order chi connectivity index (χ1) is 26.8. The topological polar surface area (TPSA) is 63.6 Å². The Bertz CT molecular complexity index is 2250. The van der Waals surface area contributed by atoms with E-state index >= 15 is 8.78 Å². The van der Waals surface area contributed by atoms with Crippen molar-refractivity contribution in [3.8, 4) is 34.6 Å². The summed E-state index contributed by atoms with van der Waals surface area (Å²) in [6.45, 7) is 17.7. The Labute approximate surface area is 329 Å². The average Bonchev–Trinajstić information content (AvgIpc) is 3.80. The van der Waals surface area contributed by atoms with Gasteiger partial charge in [-0.3, -0.25) is 4.90 Å². The predicted octanol–water partition coefficient (Wildman–Crippen LogP) is 10.0. The Kier molecular flexibility index (Phi) is 9.35. The van der Waals surface area contributed by atoms with E-state index in [-0.39, 0.29) is 47.4 Å². The van der Waals surface area contributed by atoms with Crippen molar-refractivity contribution in [1.29, 1.82) is 0 Å². The molecule has 6 atom stereocenters. The molecular weight excluding hydrogens is 728 g/mol. The molecule has 2 aromatic heterocycles. The molecule has 1 saturated carbocycles. The molecule has 4 fully saturated rings. The van der Waals surface area contributed by atoms with Crippen molar-refractivity contribution in [2.45, 2.75) is 127 Å². The molecule has 0 N–H and O–H groups in total. The molecule has 4 aliphatic heterocycles. The monoisotopic (exact) mass is 781 g/mol. The summed E-state index contributed by atoms with van der Waals surface area (Å²) in [5, 5.41) is 1.68. The van der Waals surface area contributed by atoms with Crippen molar-refractivity contribution >= 4 is 35.6 Å². The number of aromatic nitrogens is 3. The van der Waals surface area contributed by atoms with E-state index in [2.05, 4.69) is 69.7 Å². The van der Waals surface area contributed by atoms with Crippen molar-refractivity contribution in [2.24, 2.45) is 11.8 Å². The van der Waals surface area contributed by atoms with Crippen molar-refractivity contribution in [3.63, 3.8) is 0 Å². The molecule has 56 heavy (non-hydrogen) atoms. The molecule has 5 aliphatic rings. The lowest BCUT2D eigenvalue weighted by molar-refractivity contribution is 0.107. The number of alkyl halides is 1. The molecule has 9 rings (SSSR count). The molecule has 11 heteroatoms. The van der Waals surface area contributed by atoms with Gasteiger partial charge in [0.2, 0.25) is 5.88 Å².